The van der Waals surface area contributed by atoms with Gasteiger partial charge in [0.25, 0.3) is 0 Å². The Bertz CT molecular complexity index is 614. The molecule has 3 rings (SSSR count). The molecule has 128 valence electrons. The minimum Gasteiger partial charge on any atom is -0.493 e. The molecule has 0 unspecified atom stereocenters. The van der Waals surface area contributed by atoms with Crippen molar-refractivity contribution in [3.05, 3.63) is 59.9 Å². The van der Waals surface area contributed by atoms with Crippen LogP contribution in [0.3, 0.4) is 0 Å². The number of benzene rings is 1. The average Bonchev–Trinajstić information content (AvgIpc) is 2.66. The molecule has 0 amide bonds. The number of piperidine rings is 1. The van der Waals surface area contributed by atoms with Gasteiger partial charge in [0.15, 0.2) is 0 Å². The van der Waals surface area contributed by atoms with Crippen LogP contribution in [0.4, 0.5) is 0 Å². The van der Waals surface area contributed by atoms with Crippen LogP contribution < -0.4 is 4.74 Å². The van der Waals surface area contributed by atoms with E-state index in [-0.39, 0.29) is 0 Å². The van der Waals surface area contributed by atoms with Gasteiger partial charge in [-0.2, -0.15) is 0 Å². The Kier molecular flexibility index (Phi) is 6.25. The molecule has 1 aromatic carbocycles. The van der Waals surface area contributed by atoms with E-state index < -0.39 is 0 Å². The van der Waals surface area contributed by atoms with Crippen molar-refractivity contribution < 1.29 is 4.74 Å². The van der Waals surface area contributed by atoms with Crippen molar-refractivity contribution in [2.45, 2.75) is 45.1 Å². The Morgan fingerprint density at radius 3 is 2.92 bits per heavy atom. The SMILES string of the molecule is CCCOc1ccccc1CCN1CCCC[C@@H]1c1cccnc1. The van der Waals surface area contributed by atoms with Crippen molar-refractivity contribution in [3.63, 3.8) is 0 Å². The Morgan fingerprint density at radius 2 is 2.08 bits per heavy atom. The third kappa shape index (κ3) is 4.35. The number of para-hydroxylation sites is 1. The lowest BCUT2D eigenvalue weighted by Crippen LogP contribution is -2.35. The normalized spacial score (nSPS) is 18.5. The summed E-state index contributed by atoms with van der Waals surface area (Å²) in [5, 5.41) is 0. The predicted octanol–water partition coefficient (Wildman–Crippen LogP) is 4.64. The molecule has 1 aromatic heterocycles. The zero-order valence-corrected chi connectivity index (χ0v) is 14.7. The van der Waals surface area contributed by atoms with Gasteiger partial charge in [-0.1, -0.05) is 37.6 Å². The van der Waals surface area contributed by atoms with Crippen molar-refractivity contribution in [1.82, 2.24) is 9.88 Å². The smallest absolute Gasteiger partial charge is 0.122 e. The highest BCUT2D eigenvalue weighted by atomic mass is 16.5. The van der Waals surface area contributed by atoms with Crippen molar-refractivity contribution in [2.24, 2.45) is 0 Å². The van der Waals surface area contributed by atoms with Crippen LogP contribution in [-0.2, 0) is 6.42 Å². The number of ether oxygens (including phenoxy) is 1. The average molecular weight is 324 g/mol. The highest BCUT2D eigenvalue weighted by Crippen LogP contribution is 2.31. The molecular formula is C21H28N2O. The van der Waals surface area contributed by atoms with Gasteiger partial charge in [0.05, 0.1) is 6.61 Å². The first-order chi connectivity index (χ1) is 11.9. The second kappa shape index (κ2) is 8.84. The number of hydrogen-bond donors (Lipinski definition) is 0. The van der Waals surface area contributed by atoms with Gasteiger partial charge in [0.1, 0.15) is 5.75 Å². The second-order valence-electron chi connectivity index (χ2n) is 6.54. The Labute approximate surface area is 145 Å². The van der Waals surface area contributed by atoms with Crippen LogP contribution in [0, 0.1) is 0 Å². The van der Waals surface area contributed by atoms with Crippen LogP contribution in [0.1, 0.15) is 49.8 Å². The van der Waals surface area contributed by atoms with Crippen molar-refractivity contribution in [3.8, 4) is 5.75 Å². The van der Waals surface area contributed by atoms with E-state index >= 15 is 0 Å². The summed E-state index contributed by atoms with van der Waals surface area (Å²) in [7, 11) is 0. The fraction of sp³-hybridized carbons (Fsp3) is 0.476. The van der Waals surface area contributed by atoms with E-state index in [4.69, 9.17) is 4.74 Å². The summed E-state index contributed by atoms with van der Waals surface area (Å²) in [6, 6.07) is 13.3. The van der Waals surface area contributed by atoms with Gasteiger partial charge < -0.3 is 4.74 Å². The van der Waals surface area contributed by atoms with E-state index in [0.717, 1.165) is 31.7 Å². The third-order valence-electron chi connectivity index (χ3n) is 4.79. The quantitative estimate of drug-likeness (QED) is 0.742. The Morgan fingerprint density at radius 1 is 1.17 bits per heavy atom. The van der Waals surface area contributed by atoms with Crippen LogP contribution in [0.5, 0.6) is 5.75 Å². The molecule has 0 aliphatic carbocycles. The molecule has 2 heterocycles. The summed E-state index contributed by atoms with van der Waals surface area (Å²) in [6.45, 7) is 5.19. The topological polar surface area (TPSA) is 25.4 Å². The molecule has 24 heavy (non-hydrogen) atoms. The molecule has 0 saturated carbocycles. The van der Waals surface area contributed by atoms with Gasteiger partial charge >= 0.3 is 0 Å². The van der Waals surface area contributed by atoms with Crippen LogP contribution in [0.15, 0.2) is 48.8 Å². The highest BCUT2D eigenvalue weighted by Gasteiger charge is 2.23. The minimum atomic E-state index is 0.510. The molecule has 1 fully saturated rings. The fourth-order valence-electron chi connectivity index (χ4n) is 3.54. The van der Waals surface area contributed by atoms with E-state index in [1.165, 1.54) is 36.9 Å². The van der Waals surface area contributed by atoms with Crippen LogP contribution in [0.2, 0.25) is 0 Å². The monoisotopic (exact) mass is 324 g/mol. The molecule has 0 spiro atoms. The van der Waals surface area contributed by atoms with Crippen molar-refractivity contribution in [1.29, 1.82) is 0 Å². The molecular weight excluding hydrogens is 296 g/mol. The standard InChI is InChI=1S/C21H28N2O/c1-2-16-24-21-11-4-3-8-18(21)12-15-23-14-6-5-10-20(23)19-9-7-13-22-17-19/h3-4,7-9,11,13,17,20H,2,5-6,10,12,14-16H2,1H3/t20-/m1/s1. The number of rotatable bonds is 7. The number of aromatic nitrogens is 1. The van der Waals surface area contributed by atoms with Gasteiger partial charge in [-0.05, 0) is 55.5 Å². The molecule has 0 N–H and O–H groups in total. The lowest BCUT2D eigenvalue weighted by Gasteiger charge is -2.36. The zero-order valence-electron chi connectivity index (χ0n) is 14.7. The summed E-state index contributed by atoms with van der Waals surface area (Å²) in [6.07, 6.45) is 9.82. The summed E-state index contributed by atoms with van der Waals surface area (Å²) in [4.78, 5) is 6.94. The Hall–Kier alpha value is -1.87. The highest BCUT2D eigenvalue weighted by molar-refractivity contribution is 5.33. The van der Waals surface area contributed by atoms with Gasteiger partial charge in [-0.25, -0.2) is 0 Å². The first-order valence-electron chi connectivity index (χ1n) is 9.23. The van der Waals surface area contributed by atoms with Gasteiger partial charge in [0.2, 0.25) is 0 Å². The number of likely N-dealkylation sites (tertiary alicyclic amines) is 1. The summed E-state index contributed by atoms with van der Waals surface area (Å²) >= 11 is 0. The van der Waals surface area contributed by atoms with Crippen LogP contribution >= 0.6 is 0 Å². The summed E-state index contributed by atoms with van der Waals surface area (Å²) < 4.78 is 5.91. The third-order valence-corrected chi connectivity index (χ3v) is 4.79. The second-order valence-corrected chi connectivity index (χ2v) is 6.54. The van der Waals surface area contributed by atoms with Crippen LogP contribution in [-0.4, -0.2) is 29.6 Å². The minimum absolute atomic E-state index is 0.510. The molecule has 0 radical (unpaired) electrons. The van der Waals surface area contributed by atoms with Crippen molar-refractivity contribution >= 4 is 0 Å². The fourth-order valence-corrected chi connectivity index (χ4v) is 3.54. The van der Waals surface area contributed by atoms with Crippen LogP contribution in [0.25, 0.3) is 0 Å². The molecule has 1 aliphatic rings. The molecule has 1 aliphatic heterocycles. The maximum atomic E-state index is 5.91. The lowest BCUT2D eigenvalue weighted by molar-refractivity contribution is 0.150. The maximum Gasteiger partial charge on any atom is 0.122 e. The van der Waals surface area contributed by atoms with Crippen molar-refractivity contribution in [2.75, 3.05) is 19.7 Å². The van der Waals surface area contributed by atoms with Gasteiger partial charge in [-0.15, -0.1) is 0 Å². The van der Waals surface area contributed by atoms with Gasteiger partial charge in [-0.3, -0.25) is 9.88 Å². The molecule has 1 atom stereocenters. The van der Waals surface area contributed by atoms with Gasteiger partial charge in [0, 0.05) is 25.0 Å². The molecule has 1 saturated heterocycles. The van der Waals surface area contributed by atoms with E-state index in [1.54, 1.807) is 0 Å². The number of pyridine rings is 1. The summed E-state index contributed by atoms with van der Waals surface area (Å²) in [5.74, 6) is 1.05. The maximum absolute atomic E-state index is 5.91. The van der Waals surface area contributed by atoms with E-state index in [2.05, 4.69) is 53.2 Å². The number of nitrogens with zero attached hydrogens (tertiary/aromatic N) is 2. The lowest BCUT2D eigenvalue weighted by atomic mass is 9.96. The predicted molar refractivity (Wildman–Crippen MR) is 98.3 cm³/mol. The molecule has 3 nitrogen and oxygen atoms in total. The molecule has 2 aromatic rings. The zero-order chi connectivity index (χ0) is 16.6. The van der Waals surface area contributed by atoms with E-state index in [0.29, 0.717) is 6.04 Å². The van der Waals surface area contributed by atoms with E-state index in [9.17, 15) is 0 Å². The first kappa shape index (κ1) is 17.0. The first-order valence-corrected chi connectivity index (χ1v) is 9.23. The molecule has 3 heteroatoms. The Balaban J connectivity index is 1.66. The van der Waals surface area contributed by atoms with E-state index in [1.807, 2.05) is 12.4 Å². The largest absolute Gasteiger partial charge is 0.493 e. The number of hydrogen-bond acceptors (Lipinski definition) is 3. The molecule has 0 bridgehead atoms. The summed E-state index contributed by atoms with van der Waals surface area (Å²) in [5.41, 5.74) is 2.68.